The summed E-state index contributed by atoms with van der Waals surface area (Å²) in [6.45, 7) is 0.382. The average Bonchev–Trinajstić information content (AvgIpc) is 2.73. The van der Waals surface area contributed by atoms with E-state index in [1.165, 1.54) is 0 Å². The summed E-state index contributed by atoms with van der Waals surface area (Å²) in [7, 11) is -0.435. The summed E-state index contributed by atoms with van der Waals surface area (Å²) in [5.74, 6) is 0.521. The fraction of sp³-hybridized carbons (Fsp3) is 0.227. The van der Waals surface area contributed by atoms with Crippen molar-refractivity contribution in [3.63, 3.8) is 0 Å². The molecule has 0 aromatic heterocycles. The topological polar surface area (TPSA) is 75.7 Å². The van der Waals surface area contributed by atoms with E-state index >= 15 is 0 Å². The van der Waals surface area contributed by atoms with Gasteiger partial charge in [-0.1, -0.05) is 46.3 Å². The first-order valence-corrected chi connectivity index (χ1v) is 11.6. The van der Waals surface area contributed by atoms with Crippen molar-refractivity contribution in [2.45, 2.75) is 17.9 Å². The molecule has 0 saturated heterocycles. The van der Waals surface area contributed by atoms with Gasteiger partial charge in [-0.05, 0) is 41.1 Å². The van der Waals surface area contributed by atoms with Gasteiger partial charge in [0, 0.05) is 36.6 Å². The van der Waals surface area contributed by atoms with Gasteiger partial charge >= 0.3 is 0 Å². The second-order valence-corrected chi connectivity index (χ2v) is 9.55. The van der Waals surface area contributed by atoms with E-state index in [1.807, 2.05) is 42.5 Å². The lowest BCUT2D eigenvalue weighted by Crippen LogP contribution is -2.32. The zero-order valence-corrected chi connectivity index (χ0v) is 19.2. The minimum Gasteiger partial charge on any atom is -0.496 e. The number of rotatable bonds is 8. The molecule has 0 aliphatic carbocycles. The Labute approximate surface area is 185 Å². The fourth-order valence-electron chi connectivity index (χ4n) is 3.12. The quantitative estimate of drug-likeness (QED) is 0.518. The SMILES string of the molecule is COc1ccc(Br)cc1CN(C)C(=O)CCNS(=O)(=O)c1ccc2ccccc2c1. The first-order valence-electron chi connectivity index (χ1n) is 9.35. The van der Waals surface area contributed by atoms with Crippen molar-refractivity contribution in [2.24, 2.45) is 0 Å². The van der Waals surface area contributed by atoms with E-state index < -0.39 is 10.0 Å². The largest absolute Gasteiger partial charge is 0.496 e. The van der Waals surface area contributed by atoms with Gasteiger partial charge in [0.2, 0.25) is 15.9 Å². The van der Waals surface area contributed by atoms with Gasteiger partial charge in [-0.3, -0.25) is 4.79 Å². The summed E-state index contributed by atoms with van der Waals surface area (Å²) >= 11 is 3.42. The lowest BCUT2D eigenvalue weighted by Gasteiger charge is -2.19. The van der Waals surface area contributed by atoms with Crippen LogP contribution < -0.4 is 9.46 Å². The first kappa shape index (κ1) is 22.3. The molecule has 0 spiro atoms. The number of methoxy groups -OCH3 is 1. The van der Waals surface area contributed by atoms with Gasteiger partial charge in [0.25, 0.3) is 0 Å². The van der Waals surface area contributed by atoms with E-state index in [1.54, 1.807) is 37.3 Å². The number of hydrogen-bond donors (Lipinski definition) is 1. The smallest absolute Gasteiger partial charge is 0.240 e. The van der Waals surface area contributed by atoms with Crippen molar-refractivity contribution in [1.29, 1.82) is 0 Å². The van der Waals surface area contributed by atoms with E-state index in [0.29, 0.717) is 12.3 Å². The van der Waals surface area contributed by atoms with Gasteiger partial charge in [-0.2, -0.15) is 0 Å². The third-order valence-corrected chi connectivity index (χ3v) is 6.69. The Morgan fingerprint density at radius 2 is 1.80 bits per heavy atom. The molecule has 0 aliphatic heterocycles. The number of ether oxygens (including phenoxy) is 1. The summed E-state index contributed by atoms with van der Waals surface area (Å²) < 4.78 is 33.9. The van der Waals surface area contributed by atoms with E-state index in [0.717, 1.165) is 20.8 Å². The summed E-state index contributed by atoms with van der Waals surface area (Å²) in [6.07, 6.45) is 0.0552. The second kappa shape index (κ2) is 9.59. The summed E-state index contributed by atoms with van der Waals surface area (Å²) in [5, 5.41) is 1.82. The van der Waals surface area contributed by atoms with Crippen molar-refractivity contribution >= 4 is 42.6 Å². The molecule has 6 nitrogen and oxygen atoms in total. The maximum absolute atomic E-state index is 12.6. The Hall–Kier alpha value is -2.42. The number of nitrogens with zero attached hydrogens (tertiary/aromatic N) is 1. The Morgan fingerprint density at radius 1 is 1.07 bits per heavy atom. The van der Waals surface area contributed by atoms with Crippen LogP contribution in [0.5, 0.6) is 5.75 Å². The number of nitrogens with one attached hydrogen (secondary N) is 1. The Bertz CT molecular complexity index is 1160. The highest BCUT2D eigenvalue weighted by Crippen LogP contribution is 2.24. The minimum atomic E-state index is -3.70. The van der Waals surface area contributed by atoms with Crippen LogP contribution in [0.1, 0.15) is 12.0 Å². The summed E-state index contributed by atoms with van der Waals surface area (Å²) in [5.41, 5.74) is 0.861. The molecule has 30 heavy (non-hydrogen) atoms. The molecule has 3 rings (SSSR count). The summed E-state index contributed by atoms with van der Waals surface area (Å²) in [4.78, 5) is 14.2. The number of carbonyl (C=O) groups is 1. The molecule has 3 aromatic carbocycles. The molecular weight excluding hydrogens is 468 g/mol. The number of hydrogen-bond acceptors (Lipinski definition) is 4. The minimum absolute atomic E-state index is 0.0218. The van der Waals surface area contributed by atoms with Crippen LogP contribution in [0, 0.1) is 0 Å². The van der Waals surface area contributed by atoms with Crippen molar-refractivity contribution in [2.75, 3.05) is 20.7 Å². The van der Waals surface area contributed by atoms with Gasteiger partial charge in [0.05, 0.1) is 12.0 Å². The second-order valence-electron chi connectivity index (χ2n) is 6.86. The molecule has 1 N–H and O–H groups in total. The summed E-state index contributed by atoms with van der Waals surface area (Å²) in [6, 6.07) is 18.1. The molecule has 8 heteroatoms. The van der Waals surface area contributed by atoms with Crippen molar-refractivity contribution in [3.05, 3.63) is 70.7 Å². The van der Waals surface area contributed by atoms with Crippen LogP contribution in [0.4, 0.5) is 0 Å². The standard InChI is InChI=1S/C22H23BrN2O4S/c1-25(15-18-13-19(23)8-10-21(18)29-2)22(26)11-12-24-30(27,28)20-9-7-16-5-3-4-6-17(16)14-20/h3-10,13-14,24H,11-12,15H2,1-2H3. The van der Waals surface area contributed by atoms with Crippen LogP contribution in [0.25, 0.3) is 10.8 Å². The Morgan fingerprint density at radius 3 is 2.53 bits per heavy atom. The van der Waals surface area contributed by atoms with Gasteiger partial charge in [0.1, 0.15) is 5.75 Å². The predicted octanol–water partition coefficient (Wildman–Crippen LogP) is 3.94. The lowest BCUT2D eigenvalue weighted by molar-refractivity contribution is -0.130. The molecular formula is C22H23BrN2O4S. The lowest BCUT2D eigenvalue weighted by atomic mass is 10.1. The van der Waals surface area contributed by atoms with E-state index in [9.17, 15) is 13.2 Å². The highest BCUT2D eigenvalue weighted by molar-refractivity contribution is 9.10. The molecule has 0 bridgehead atoms. The number of halogens is 1. The molecule has 1 amide bonds. The number of benzene rings is 3. The number of fused-ring (bicyclic) bond motifs is 1. The van der Waals surface area contributed by atoms with Crippen LogP contribution in [0.3, 0.4) is 0 Å². The molecule has 0 radical (unpaired) electrons. The third kappa shape index (κ3) is 5.38. The van der Waals surface area contributed by atoms with Crippen molar-refractivity contribution < 1.29 is 17.9 Å². The molecule has 0 saturated carbocycles. The molecule has 0 heterocycles. The van der Waals surface area contributed by atoms with Gasteiger partial charge < -0.3 is 9.64 Å². The highest BCUT2D eigenvalue weighted by atomic mass is 79.9. The zero-order chi connectivity index (χ0) is 21.7. The maximum Gasteiger partial charge on any atom is 0.240 e. The van der Waals surface area contributed by atoms with Crippen LogP contribution in [0.15, 0.2) is 70.0 Å². The Balaban J connectivity index is 1.59. The normalized spacial score (nSPS) is 11.4. The molecule has 0 atom stereocenters. The molecule has 0 unspecified atom stereocenters. The van der Waals surface area contributed by atoms with Crippen molar-refractivity contribution in [1.82, 2.24) is 9.62 Å². The monoisotopic (exact) mass is 490 g/mol. The molecule has 158 valence electrons. The van der Waals surface area contributed by atoms with Gasteiger partial charge in [-0.15, -0.1) is 0 Å². The van der Waals surface area contributed by atoms with E-state index in [2.05, 4.69) is 20.7 Å². The van der Waals surface area contributed by atoms with Crippen LogP contribution in [-0.2, 0) is 21.4 Å². The molecule has 3 aromatic rings. The molecule has 0 fully saturated rings. The maximum atomic E-state index is 12.6. The predicted molar refractivity (Wildman–Crippen MR) is 121 cm³/mol. The zero-order valence-electron chi connectivity index (χ0n) is 16.8. The average molecular weight is 491 g/mol. The Kier molecular flexibility index (Phi) is 7.12. The third-order valence-electron chi connectivity index (χ3n) is 4.74. The fourth-order valence-corrected chi connectivity index (χ4v) is 4.59. The highest BCUT2D eigenvalue weighted by Gasteiger charge is 2.17. The van der Waals surface area contributed by atoms with E-state index in [4.69, 9.17) is 4.74 Å². The first-order chi connectivity index (χ1) is 14.3. The van der Waals surface area contributed by atoms with Crippen LogP contribution in [-0.4, -0.2) is 39.9 Å². The van der Waals surface area contributed by atoms with Crippen molar-refractivity contribution in [3.8, 4) is 5.75 Å². The van der Waals surface area contributed by atoms with Crippen LogP contribution in [0.2, 0.25) is 0 Å². The van der Waals surface area contributed by atoms with E-state index in [-0.39, 0.29) is 23.8 Å². The van der Waals surface area contributed by atoms with Crippen LogP contribution >= 0.6 is 15.9 Å². The molecule has 0 aliphatic rings. The van der Waals surface area contributed by atoms with Gasteiger partial charge in [0.15, 0.2) is 0 Å². The number of carbonyl (C=O) groups excluding carboxylic acids is 1. The number of sulfonamides is 1. The van der Waals surface area contributed by atoms with Gasteiger partial charge in [-0.25, -0.2) is 13.1 Å². The number of amides is 1.